The third kappa shape index (κ3) is 5.21. The second-order valence-electron chi connectivity index (χ2n) is 3.19. The molecule has 74 valence electrons. The fraction of sp³-hybridized carbons (Fsp3) is 0.700. The first kappa shape index (κ1) is 12.8. The van der Waals surface area contributed by atoms with E-state index in [0.717, 1.165) is 12.8 Å². The van der Waals surface area contributed by atoms with E-state index in [4.69, 9.17) is 0 Å². The SMILES string of the molecule is CCC[N](/C=C\C=O)[Ga]([CH2]C)[CH2]C. The van der Waals surface area contributed by atoms with Crippen LogP contribution in [0.4, 0.5) is 0 Å². The summed E-state index contributed by atoms with van der Waals surface area (Å²) in [6.07, 6.45) is 5.66. The average molecular weight is 240 g/mol. The summed E-state index contributed by atoms with van der Waals surface area (Å²) in [6.45, 7) is 7.85. The van der Waals surface area contributed by atoms with Crippen molar-refractivity contribution in [2.75, 3.05) is 6.54 Å². The molecule has 0 aliphatic rings. The van der Waals surface area contributed by atoms with E-state index >= 15 is 0 Å². The molecule has 0 radical (unpaired) electrons. The van der Waals surface area contributed by atoms with Gasteiger partial charge in [-0.15, -0.1) is 0 Å². The molecule has 0 aromatic rings. The number of carbonyl (C=O) groups is 1. The molecule has 0 N–H and O–H groups in total. The van der Waals surface area contributed by atoms with Crippen molar-refractivity contribution in [1.29, 1.82) is 0 Å². The van der Waals surface area contributed by atoms with Crippen molar-refractivity contribution < 1.29 is 4.79 Å². The van der Waals surface area contributed by atoms with Crippen LogP contribution in [0.1, 0.15) is 27.2 Å². The van der Waals surface area contributed by atoms with Gasteiger partial charge in [-0.1, -0.05) is 0 Å². The van der Waals surface area contributed by atoms with Gasteiger partial charge in [0.2, 0.25) is 0 Å². The molecule has 0 spiro atoms. The van der Waals surface area contributed by atoms with Gasteiger partial charge in [0.15, 0.2) is 0 Å². The molecule has 0 saturated heterocycles. The summed E-state index contributed by atoms with van der Waals surface area (Å²) in [6, 6.07) is 0. The summed E-state index contributed by atoms with van der Waals surface area (Å²) in [5.74, 6) is 0. The molecule has 13 heavy (non-hydrogen) atoms. The third-order valence-corrected chi connectivity index (χ3v) is 9.08. The molecule has 0 atom stereocenters. The summed E-state index contributed by atoms with van der Waals surface area (Å²) in [7, 11) is 0. The van der Waals surface area contributed by atoms with E-state index in [1.807, 2.05) is 6.20 Å². The minimum absolute atomic E-state index is 0.868. The molecule has 0 aromatic heterocycles. The Morgan fingerprint density at radius 3 is 2.23 bits per heavy atom. The summed E-state index contributed by atoms with van der Waals surface area (Å²) >= 11 is -1.24. The van der Waals surface area contributed by atoms with E-state index in [-0.39, 0.29) is 0 Å². The predicted molar refractivity (Wildman–Crippen MR) is 58.9 cm³/mol. The van der Waals surface area contributed by atoms with E-state index in [9.17, 15) is 4.79 Å². The molecule has 3 heteroatoms. The number of rotatable bonds is 7. The van der Waals surface area contributed by atoms with Crippen LogP contribution in [0.15, 0.2) is 12.3 Å². The molecule has 0 fully saturated rings. The predicted octanol–water partition coefficient (Wildman–Crippen LogP) is 2.44. The van der Waals surface area contributed by atoms with Gasteiger partial charge in [0.05, 0.1) is 0 Å². The number of hydrogen-bond acceptors (Lipinski definition) is 2. The number of aldehydes is 1. The summed E-state index contributed by atoms with van der Waals surface area (Å²) in [4.78, 5) is 12.9. The zero-order chi connectivity index (χ0) is 10.1. The number of carbonyl (C=O) groups excluding carboxylic acids is 1. The van der Waals surface area contributed by atoms with Gasteiger partial charge in [-0.3, -0.25) is 0 Å². The molecule has 2 nitrogen and oxygen atoms in total. The maximum absolute atomic E-state index is 10.2. The Bertz CT molecular complexity index is 155. The van der Waals surface area contributed by atoms with E-state index in [2.05, 4.69) is 24.4 Å². The second kappa shape index (κ2) is 8.44. The molecular formula is C10H20GaNO. The Labute approximate surface area is 87.3 Å². The van der Waals surface area contributed by atoms with E-state index in [1.54, 1.807) is 6.08 Å². The normalized spacial score (nSPS) is 10.4. The van der Waals surface area contributed by atoms with Crippen molar-refractivity contribution in [3.8, 4) is 0 Å². The topological polar surface area (TPSA) is 20.3 Å². The van der Waals surface area contributed by atoms with Crippen LogP contribution in [0.5, 0.6) is 0 Å². The van der Waals surface area contributed by atoms with Gasteiger partial charge >= 0.3 is 87.1 Å². The first-order valence-corrected chi connectivity index (χ1v) is 9.68. The van der Waals surface area contributed by atoms with Crippen molar-refractivity contribution in [1.82, 2.24) is 3.61 Å². The third-order valence-electron chi connectivity index (χ3n) is 2.25. The van der Waals surface area contributed by atoms with Gasteiger partial charge in [0.1, 0.15) is 0 Å². The number of hydrogen-bond donors (Lipinski definition) is 0. The fourth-order valence-corrected chi connectivity index (χ4v) is 6.75. The molecule has 0 unspecified atom stereocenters. The van der Waals surface area contributed by atoms with Gasteiger partial charge in [0.25, 0.3) is 0 Å². The number of allylic oxidation sites excluding steroid dienone is 1. The molecule has 0 aliphatic carbocycles. The van der Waals surface area contributed by atoms with Crippen LogP contribution >= 0.6 is 0 Å². The summed E-state index contributed by atoms with van der Waals surface area (Å²) in [5, 5.41) is 0. The van der Waals surface area contributed by atoms with Crippen LogP contribution < -0.4 is 0 Å². The van der Waals surface area contributed by atoms with E-state index in [0.29, 0.717) is 0 Å². The first-order chi connectivity index (χ1) is 6.29. The fourth-order valence-electron chi connectivity index (χ4n) is 1.54. The Balaban J connectivity index is 4.18. The van der Waals surface area contributed by atoms with Gasteiger partial charge in [-0.05, 0) is 0 Å². The van der Waals surface area contributed by atoms with Crippen molar-refractivity contribution >= 4 is 22.7 Å². The van der Waals surface area contributed by atoms with Crippen LogP contribution in [0.25, 0.3) is 0 Å². The molecule has 0 saturated carbocycles. The molecule has 0 rings (SSSR count). The molecule has 0 bridgehead atoms. The average Bonchev–Trinajstić information content (AvgIpc) is 2.16. The molecular weight excluding hydrogens is 220 g/mol. The number of nitrogens with zero attached hydrogens (tertiary/aromatic N) is 1. The second-order valence-corrected chi connectivity index (χ2v) is 10.7. The Morgan fingerprint density at radius 2 is 1.85 bits per heavy atom. The molecule has 0 amide bonds. The Morgan fingerprint density at radius 1 is 1.23 bits per heavy atom. The molecule has 0 aliphatic heterocycles. The zero-order valence-electron chi connectivity index (χ0n) is 8.99. The zero-order valence-corrected chi connectivity index (χ0v) is 11.4. The quantitative estimate of drug-likeness (QED) is 0.387. The van der Waals surface area contributed by atoms with Gasteiger partial charge in [-0.2, -0.15) is 0 Å². The monoisotopic (exact) mass is 239 g/mol. The van der Waals surface area contributed by atoms with Gasteiger partial charge in [0, 0.05) is 0 Å². The molecule has 0 aromatic carbocycles. The maximum atomic E-state index is 10.2. The summed E-state index contributed by atoms with van der Waals surface area (Å²) < 4.78 is 2.45. The minimum atomic E-state index is -1.24. The van der Waals surface area contributed by atoms with Gasteiger partial charge < -0.3 is 0 Å². The van der Waals surface area contributed by atoms with Crippen molar-refractivity contribution in [3.05, 3.63) is 12.3 Å². The van der Waals surface area contributed by atoms with Crippen LogP contribution in [0.2, 0.25) is 9.95 Å². The standard InChI is InChI=1S/C6H11NO.2C2H5.Ga/c1-2-4-7-5-3-6-8;2*1-2;/h3,5-6H,2,4H2,1H3,(H,7,8);2*1H2,2H3;/q;;;+1/p-1. The van der Waals surface area contributed by atoms with Crippen molar-refractivity contribution in [2.24, 2.45) is 0 Å². The first-order valence-electron chi connectivity index (χ1n) is 5.17. The van der Waals surface area contributed by atoms with E-state index < -0.39 is 16.5 Å². The molecule has 0 heterocycles. The van der Waals surface area contributed by atoms with Crippen LogP contribution in [0, 0.1) is 0 Å². The van der Waals surface area contributed by atoms with Crippen LogP contribution in [-0.2, 0) is 4.79 Å². The Kier molecular flexibility index (Phi) is 8.35. The summed E-state index contributed by atoms with van der Waals surface area (Å²) in [5.41, 5.74) is 0. The van der Waals surface area contributed by atoms with Crippen LogP contribution in [0.3, 0.4) is 0 Å². The Hall–Kier alpha value is -0.154. The van der Waals surface area contributed by atoms with Crippen molar-refractivity contribution in [2.45, 2.75) is 37.1 Å². The van der Waals surface area contributed by atoms with E-state index in [1.165, 1.54) is 16.4 Å². The van der Waals surface area contributed by atoms with Crippen molar-refractivity contribution in [3.63, 3.8) is 0 Å². The van der Waals surface area contributed by atoms with Crippen LogP contribution in [-0.4, -0.2) is 32.9 Å². The van der Waals surface area contributed by atoms with Gasteiger partial charge in [-0.25, -0.2) is 0 Å².